The molecule has 0 saturated heterocycles. The zero-order valence-electron chi connectivity index (χ0n) is 16.0. The van der Waals surface area contributed by atoms with Crippen LogP contribution in [0.4, 0.5) is 5.69 Å². The van der Waals surface area contributed by atoms with Gasteiger partial charge in [0.05, 0.1) is 25.3 Å². The van der Waals surface area contributed by atoms with Gasteiger partial charge in [-0.3, -0.25) is 0 Å². The molecule has 2 N–H and O–H groups in total. The molecule has 1 unspecified atom stereocenters. The molecule has 0 spiro atoms. The van der Waals surface area contributed by atoms with E-state index < -0.39 is 0 Å². The third-order valence-electron chi connectivity index (χ3n) is 4.50. The van der Waals surface area contributed by atoms with Gasteiger partial charge in [0.1, 0.15) is 27.0 Å². The van der Waals surface area contributed by atoms with Gasteiger partial charge in [-0.1, -0.05) is 24.7 Å². The molecule has 0 amide bonds. The van der Waals surface area contributed by atoms with E-state index in [-0.39, 0.29) is 11.2 Å². The first-order chi connectivity index (χ1) is 13.6. The summed E-state index contributed by atoms with van der Waals surface area (Å²) in [5.74, 6) is 0.977. The molecule has 4 aromatic rings. The number of rotatable bonds is 7. The molecule has 4 rings (SSSR count). The van der Waals surface area contributed by atoms with Crippen molar-refractivity contribution in [3.05, 3.63) is 30.2 Å². The van der Waals surface area contributed by atoms with Gasteiger partial charge in [-0.15, -0.1) is 11.3 Å². The van der Waals surface area contributed by atoms with Crippen LogP contribution in [0.1, 0.15) is 19.8 Å². The Bertz CT molecular complexity index is 1090. The summed E-state index contributed by atoms with van der Waals surface area (Å²) < 4.78 is 8.89. The van der Waals surface area contributed by atoms with Crippen molar-refractivity contribution in [3.8, 4) is 22.0 Å². The summed E-state index contributed by atoms with van der Waals surface area (Å²) in [6.45, 7) is 2.19. The lowest BCUT2D eigenvalue weighted by atomic mass is 10.1. The van der Waals surface area contributed by atoms with E-state index >= 15 is 0 Å². The van der Waals surface area contributed by atoms with Gasteiger partial charge in [0.15, 0.2) is 11.2 Å². The maximum atomic E-state index is 6.67. The molecular weight excluding hydrogens is 410 g/mol. The van der Waals surface area contributed by atoms with E-state index in [1.807, 2.05) is 23.2 Å². The number of hydrogen-bond donors (Lipinski definition) is 1. The van der Waals surface area contributed by atoms with Crippen LogP contribution in [-0.2, 0) is 22.4 Å². The van der Waals surface area contributed by atoms with Gasteiger partial charge in [0.25, 0.3) is 4.21 Å². The highest BCUT2D eigenvalue weighted by atomic mass is 32.2. The molecule has 4 aromatic heterocycles. The van der Waals surface area contributed by atoms with E-state index in [0.29, 0.717) is 0 Å². The van der Waals surface area contributed by atoms with Gasteiger partial charge >= 0.3 is 0 Å². The number of anilines is 1. The fraction of sp³-hybridized carbons (Fsp3) is 0.316. The number of nitrogen functional groups attached to an aromatic ring is 1. The Morgan fingerprint density at radius 2 is 2.21 bits per heavy atom. The zero-order valence-corrected chi connectivity index (χ0v) is 18.5. The molecule has 146 valence electrons. The Hall–Kier alpha value is -1.94. The van der Waals surface area contributed by atoms with Crippen LogP contribution in [0.25, 0.3) is 32.2 Å². The largest absolute Gasteiger partial charge is 0.393 e. The average molecular weight is 433 g/mol. The topological polar surface area (TPSA) is 78.9 Å². The van der Waals surface area contributed by atoms with Crippen LogP contribution in [0.15, 0.2) is 34.4 Å². The number of aryl methyl sites for hydroxylation is 1. The van der Waals surface area contributed by atoms with Crippen LogP contribution in [0, 0.1) is 0 Å². The van der Waals surface area contributed by atoms with Crippen LogP contribution in [0.2, 0.25) is 0 Å². The van der Waals surface area contributed by atoms with E-state index in [1.54, 1.807) is 42.3 Å². The normalized spacial score (nSPS) is 12.7. The Kier molecular flexibility index (Phi) is 5.68. The lowest BCUT2D eigenvalue weighted by Crippen LogP contribution is -2.10. The highest BCUT2D eigenvalue weighted by molar-refractivity contribution is 7.94. The summed E-state index contributed by atoms with van der Waals surface area (Å²) in [4.78, 5) is 14.6. The van der Waals surface area contributed by atoms with Gasteiger partial charge in [0, 0.05) is 29.6 Å². The first-order valence-corrected chi connectivity index (χ1v) is 12.0. The highest BCUT2D eigenvalue weighted by Gasteiger charge is 2.32. The zero-order chi connectivity index (χ0) is 19.7. The van der Waals surface area contributed by atoms with Crippen LogP contribution < -0.4 is 5.73 Å². The number of imidazole rings is 1. The molecule has 0 aliphatic rings. The Morgan fingerprint density at radius 1 is 1.36 bits per heavy atom. The third-order valence-corrected chi connectivity index (χ3v) is 8.69. The highest BCUT2D eigenvalue weighted by Crippen LogP contribution is 2.44. The van der Waals surface area contributed by atoms with E-state index in [1.165, 1.54) is 0 Å². The summed E-state index contributed by atoms with van der Waals surface area (Å²) in [6, 6.07) is 2.07. The molecule has 6 nitrogen and oxygen atoms in total. The van der Waals surface area contributed by atoms with E-state index in [0.717, 1.165) is 60.7 Å². The monoisotopic (exact) mass is 432 g/mol. The minimum absolute atomic E-state index is 0.325. The Balaban J connectivity index is 1.95. The lowest BCUT2D eigenvalue weighted by Gasteiger charge is -2.07. The molecule has 0 fully saturated rings. The smallest absolute Gasteiger partial charge is 0.269 e. The summed E-state index contributed by atoms with van der Waals surface area (Å²) in [5, 5.41) is 3.84. The second-order valence-corrected chi connectivity index (χ2v) is 10.3. The standard InChI is InChI=1S/C19H22N5OS3/c1-4-5-8-28(25-3)19-16(20)15-12(14-10-21-11-24(14)2)9-13(23-18(15)27-19)17-22-6-7-26-17/h6-7,9-11H,4-5,8,20H2,1-3H3/q+1. The minimum Gasteiger partial charge on any atom is -0.393 e. The molecule has 0 bridgehead atoms. The molecule has 4 heterocycles. The average Bonchev–Trinajstić information content (AvgIpc) is 3.43. The van der Waals surface area contributed by atoms with Gasteiger partial charge in [-0.25, -0.2) is 15.0 Å². The van der Waals surface area contributed by atoms with Crippen molar-refractivity contribution >= 4 is 49.8 Å². The fourth-order valence-corrected chi connectivity index (χ4v) is 6.99. The van der Waals surface area contributed by atoms with Crippen LogP contribution >= 0.6 is 22.7 Å². The molecule has 0 saturated carbocycles. The predicted octanol–water partition coefficient (Wildman–Crippen LogP) is 4.74. The first-order valence-electron chi connectivity index (χ1n) is 8.99. The second kappa shape index (κ2) is 8.20. The quantitative estimate of drug-likeness (QED) is 0.427. The van der Waals surface area contributed by atoms with Crippen molar-refractivity contribution in [2.24, 2.45) is 7.05 Å². The van der Waals surface area contributed by atoms with Crippen molar-refractivity contribution in [3.63, 3.8) is 0 Å². The predicted molar refractivity (Wildman–Crippen MR) is 120 cm³/mol. The number of thiazole rings is 1. The van der Waals surface area contributed by atoms with Crippen molar-refractivity contribution < 1.29 is 4.18 Å². The minimum atomic E-state index is -0.325. The maximum Gasteiger partial charge on any atom is 0.269 e. The van der Waals surface area contributed by atoms with Crippen molar-refractivity contribution in [1.29, 1.82) is 0 Å². The SMILES string of the molecule is CCCC[S+](OC)c1sc2nc(-c3nccs3)cc(-c3cncn3C)c2c1N. The number of nitrogens with zero attached hydrogens (tertiary/aromatic N) is 4. The summed E-state index contributed by atoms with van der Waals surface area (Å²) in [6.07, 6.45) is 7.71. The summed E-state index contributed by atoms with van der Waals surface area (Å²) in [7, 11) is 3.75. The lowest BCUT2D eigenvalue weighted by molar-refractivity contribution is 0.472. The Morgan fingerprint density at radius 3 is 2.86 bits per heavy atom. The number of aromatic nitrogens is 4. The molecule has 28 heavy (non-hydrogen) atoms. The summed E-state index contributed by atoms with van der Waals surface area (Å²) in [5.41, 5.74) is 10.3. The van der Waals surface area contributed by atoms with Crippen LogP contribution in [0.3, 0.4) is 0 Å². The maximum absolute atomic E-state index is 6.67. The second-order valence-electron chi connectivity index (χ2n) is 6.34. The van der Waals surface area contributed by atoms with Crippen molar-refractivity contribution in [2.45, 2.75) is 24.0 Å². The van der Waals surface area contributed by atoms with Gasteiger partial charge in [-0.2, -0.15) is 4.18 Å². The molecule has 0 radical (unpaired) electrons. The first kappa shape index (κ1) is 19.4. The molecule has 0 aromatic carbocycles. The molecular formula is C19H22N5OS3+. The van der Waals surface area contributed by atoms with E-state index in [9.17, 15) is 0 Å². The van der Waals surface area contributed by atoms with E-state index in [4.69, 9.17) is 14.9 Å². The fourth-order valence-electron chi connectivity index (χ4n) is 3.08. The van der Waals surface area contributed by atoms with Gasteiger partial charge < -0.3 is 10.3 Å². The number of pyridine rings is 1. The van der Waals surface area contributed by atoms with Gasteiger partial charge in [-0.05, 0) is 12.5 Å². The van der Waals surface area contributed by atoms with Crippen molar-refractivity contribution in [1.82, 2.24) is 19.5 Å². The molecule has 0 aliphatic heterocycles. The molecule has 9 heteroatoms. The van der Waals surface area contributed by atoms with Crippen molar-refractivity contribution in [2.75, 3.05) is 18.6 Å². The number of thiophene rings is 1. The molecule has 0 aliphatic carbocycles. The number of fused-ring (bicyclic) bond motifs is 1. The van der Waals surface area contributed by atoms with Crippen LogP contribution in [0.5, 0.6) is 0 Å². The van der Waals surface area contributed by atoms with Gasteiger partial charge in [0.2, 0.25) is 0 Å². The number of unbranched alkanes of at least 4 members (excludes halogenated alkanes) is 1. The van der Waals surface area contributed by atoms with E-state index in [2.05, 4.69) is 23.0 Å². The third kappa shape index (κ3) is 3.43. The summed E-state index contributed by atoms with van der Waals surface area (Å²) >= 11 is 2.89. The molecule has 1 atom stereocenters. The Labute approximate surface area is 175 Å². The number of nitrogens with two attached hydrogens (primary N) is 1. The number of hydrogen-bond acceptors (Lipinski definition) is 7. The van der Waals surface area contributed by atoms with Crippen LogP contribution in [-0.4, -0.2) is 32.4 Å².